The molecule has 0 saturated heterocycles. The molecule has 0 saturated carbocycles. The zero-order valence-corrected chi connectivity index (χ0v) is 12.0. The molecule has 0 aliphatic heterocycles. The normalized spacial score (nSPS) is 11.9. The van der Waals surface area contributed by atoms with Gasteiger partial charge in [0.25, 0.3) is 5.91 Å². The van der Waals surface area contributed by atoms with Crippen LogP contribution in [0.25, 0.3) is 0 Å². The number of nitrogens with zero attached hydrogens (tertiary/aromatic N) is 4. The Bertz CT molecular complexity index is 642. The highest BCUT2D eigenvalue weighted by Crippen LogP contribution is 2.08. The van der Waals surface area contributed by atoms with Crippen molar-refractivity contribution in [2.75, 3.05) is 0 Å². The second-order valence-corrected chi connectivity index (χ2v) is 5.10. The summed E-state index contributed by atoms with van der Waals surface area (Å²) in [5, 5.41) is 20.0. The van der Waals surface area contributed by atoms with Gasteiger partial charge in [-0.05, 0) is 24.1 Å². The summed E-state index contributed by atoms with van der Waals surface area (Å²) in [5.74, 6) is 0.0389. The van der Waals surface area contributed by atoms with Gasteiger partial charge in [-0.25, -0.2) is 0 Å². The van der Waals surface area contributed by atoms with Crippen LogP contribution in [-0.4, -0.2) is 26.9 Å². The molecule has 6 nitrogen and oxygen atoms in total. The number of amides is 1. The number of aromatic nitrogens is 3. The van der Waals surface area contributed by atoms with Crippen LogP contribution in [0.5, 0.6) is 0 Å². The van der Waals surface area contributed by atoms with Crippen molar-refractivity contribution < 1.29 is 4.79 Å². The molecule has 21 heavy (non-hydrogen) atoms. The number of nitrogens with one attached hydrogen (secondary N) is 1. The lowest BCUT2D eigenvalue weighted by atomic mass is 10.0. The van der Waals surface area contributed by atoms with Gasteiger partial charge >= 0.3 is 0 Å². The fraction of sp³-hybridized carbons (Fsp3) is 0.333. The Hall–Kier alpha value is -2.68. The molecular weight excluding hydrogens is 266 g/mol. The van der Waals surface area contributed by atoms with E-state index in [1.807, 2.05) is 19.9 Å². The average molecular weight is 283 g/mol. The van der Waals surface area contributed by atoms with Gasteiger partial charge in [0.05, 0.1) is 36.6 Å². The first-order valence-electron chi connectivity index (χ1n) is 6.75. The van der Waals surface area contributed by atoms with E-state index in [4.69, 9.17) is 5.26 Å². The Balaban J connectivity index is 2.09. The lowest BCUT2D eigenvalue weighted by Crippen LogP contribution is -2.42. The monoisotopic (exact) mass is 283 g/mol. The number of hydrogen-bond acceptors (Lipinski definition) is 4. The molecule has 1 aromatic heterocycles. The number of carbonyl (C=O) groups excluding carboxylic acids is 1. The van der Waals surface area contributed by atoms with Crippen molar-refractivity contribution in [3.63, 3.8) is 0 Å². The lowest BCUT2D eigenvalue weighted by Gasteiger charge is -2.21. The van der Waals surface area contributed by atoms with Gasteiger partial charge in [-0.15, -0.1) is 0 Å². The van der Waals surface area contributed by atoms with E-state index in [0.717, 1.165) is 0 Å². The van der Waals surface area contributed by atoms with Gasteiger partial charge in [0.1, 0.15) is 0 Å². The largest absolute Gasteiger partial charge is 0.347 e. The molecule has 6 heteroatoms. The summed E-state index contributed by atoms with van der Waals surface area (Å²) in [5.41, 5.74) is 0.950. The molecule has 1 N–H and O–H groups in total. The molecule has 0 fully saturated rings. The molecule has 0 bridgehead atoms. The smallest absolute Gasteiger partial charge is 0.251 e. The molecule has 1 atom stereocenters. The summed E-state index contributed by atoms with van der Waals surface area (Å²) in [6.45, 7) is 4.56. The fourth-order valence-corrected chi connectivity index (χ4v) is 1.92. The fourth-order valence-electron chi connectivity index (χ4n) is 1.92. The molecule has 1 amide bonds. The Kier molecular flexibility index (Phi) is 4.67. The van der Waals surface area contributed by atoms with Crippen LogP contribution in [0, 0.1) is 17.2 Å². The van der Waals surface area contributed by atoms with Gasteiger partial charge in [0.2, 0.25) is 0 Å². The highest BCUT2D eigenvalue weighted by atomic mass is 16.1. The van der Waals surface area contributed by atoms with E-state index >= 15 is 0 Å². The third kappa shape index (κ3) is 3.89. The van der Waals surface area contributed by atoms with Gasteiger partial charge in [-0.3, -0.25) is 4.79 Å². The molecule has 2 rings (SSSR count). The summed E-state index contributed by atoms with van der Waals surface area (Å²) < 4.78 is 0. The van der Waals surface area contributed by atoms with Gasteiger partial charge in [-0.2, -0.15) is 20.3 Å². The van der Waals surface area contributed by atoms with Crippen molar-refractivity contribution in [1.29, 1.82) is 5.26 Å². The van der Waals surface area contributed by atoms with E-state index < -0.39 is 0 Å². The minimum absolute atomic E-state index is 0.0874. The maximum atomic E-state index is 12.3. The maximum Gasteiger partial charge on any atom is 0.251 e. The Morgan fingerprint density at radius 1 is 1.38 bits per heavy atom. The van der Waals surface area contributed by atoms with Gasteiger partial charge in [0, 0.05) is 5.56 Å². The molecule has 108 valence electrons. The topological polar surface area (TPSA) is 83.6 Å². The van der Waals surface area contributed by atoms with Crippen molar-refractivity contribution in [1.82, 2.24) is 20.3 Å². The average Bonchev–Trinajstić information content (AvgIpc) is 2.99. The van der Waals surface area contributed by atoms with Crippen LogP contribution < -0.4 is 5.32 Å². The van der Waals surface area contributed by atoms with E-state index in [1.165, 1.54) is 0 Å². The van der Waals surface area contributed by atoms with Gasteiger partial charge in [0.15, 0.2) is 0 Å². The number of hydrogen-bond donors (Lipinski definition) is 1. The Morgan fingerprint density at radius 3 is 2.71 bits per heavy atom. The van der Waals surface area contributed by atoms with Crippen LogP contribution in [0.2, 0.25) is 0 Å². The number of rotatable bonds is 5. The van der Waals surface area contributed by atoms with Crippen molar-refractivity contribution in [2.45, 2.75) is 26.4 Å². The Morgan fingerprint density at radius 2 is 2.10 bits per heavy atom. The predicted octanol–water partition coefficient (Wildman–Crippen LogP) is 1.60. The highest BCUT2D eigenvalue weighted by Gasteiger charge is 2.18. The molecule has 0 aliphatic carbocycles. The van der Waals surface area contributed by atoms with Crippen LogP contribution >= 0.6 is 0 Å². The second-order valence-electron chi connectivity index (χ2n) is 5.10. The maximum absolute atomic E-state index is 12.3. The van der Waals surface area contributed by atoms with E-state index in [1.54, 1.807) is 41.5 Å². The Labute approximate surface area is 123 Å². The zero-order valence-electron chi connectivity index (χ0n) is 12.0. The highest BCUT2D eigenvalue weighted by molar-refractivity contribution is 5.94. The van der Waals surface area contributed by atoms with Gasteiger partial charge in [-0.1, -0.05) is 19.9 Å². The molecule has 0 radical (unpaired) electrons. The van der Waals surface area contributed by atoms with Crippen LogP contribution in [0.1, 0.15) is 29.8 Å². The summed E-state index contributed by atoms with van der Waals surface area (Å²) in [6.07, 6.45) is 3.21. The predicted molar refractivity (Wildman–Crippen MR) is 77.3 cm³/mol. The third-order valence-corrected chi connectivity index (χ3v) is 3.20. The molecule has 0 aliphatic rings. The zero-order chi connectivity index (χ0) is 15.2. The number of carbonyl (C=O) groups is 1. The quantitative estimate of drug-likeness (QED) is 0.903. The van der Waals surface area contributed by atoms with Gasteiger partial charge < -0.3 is 5.32 Å². The summed E-state index contributed by atoms with van der Waals surface area (Å²) in [4.78, 5) is 13.8. The molecule has 0 spiro atoms. The number of nitriles is 1. The molecule has 2 aromatic rings. The first-order chi connectivity index (χ1) is 10.1. The summed E-state index contributed by atoms with van der Waals surface area (Å²) in [6, 6.07) is 8.59. The SMILES string of the molecule is CC(C)[C@@H](Cn1nccn1)NC(=O)c1cccc(C#N)c1. The lowest BCUT2D eigenvalue weighted by molar-refractivity contribution is 0.0918. The van der Waals surface area contributed by atoms with E-state index in [2.05, 4.69) is 15.5 Å². The molecule has 1 heterocycles. The number of benzene rings is 1. The second kappa shape index (κ2) is 6.66. The van der Waals surface area contributed by atoms with Crippen LogP contribution in [0.4, 0.5) is 0 Å². The minimum Gasteiger partial charge on any atom is -0.347 e. The minimum atomic E-state index is -0.196. The molecular formula is C15H17N5O. The van der Waals surface area contributed by atoms with E-state index in [9.17, 15) is 4.79 Å². The van der Waals surface area contributed by atoms with E-state index in [-0.39, 0.29) is 17.9 Å². The first kappa shape index (κ1) is 14.7. The van der Waals surface area contributed by atoms with Crippen molar-refractivity contribution in [3.8, 4) is 6.07 Å². The van der Waals surface area contributed by atoms with Crippen LogP contribution in [-0.2, 0) is 6.54 Å². The molecule has 1 aromatic carbocycles. The van der Waals surface area contributed by atoms with E-state index in [0.29, 0.717) is 17.7 Å². The first-order valence-corrected chi connectivity index (χ1v) is 6.75. The van der Waals surface area contributed by atoms with Crippen molar-refractivity contribution in [3.05, 3.63) is 47.8 Å². The third-order valence-electron chi connectivity index (χ3n) is 3.20. The molecule has 0 unspecified atom stereocenters. The summed E-state index contributed by atoms with van der Waals surface area (Å²) >= 11 is 0. The van der Waals surface area contributed by atoms with Crippen LogP contribution in [0.15, 0.2) is 36.7 Å². The standard InChI is InChI=1S/C15H17N5O/c1-11(2)14(10-20-17-6-7-18-20)19-15(21)13-5-3-4-12(8-13)9-16/h3-8,11,14H,10H2,1-2H3,(H,19,21)/t14-/m1/s1. The van der Waals surface area contributed by atoms with Crippen molar-refractivity contribution in [2.24, 2.45) is 5.92 Å². The summed E-state index contributed by atoms with van der Waals surface area (Å²) in [7, 11) is 0. The van der Waals surface area contributed by atoms with Crippen LogP contribution in [0.3, 0.4) is 0 Å². The van der Waals surface area contributed by atoms with Crippen molar-refractivity contribution >= 4 is 5.91 Å².